The minimum atomic E-state index is 0.123. The SMILES string of the molecule is O=C(N[C@@H]1CCCC[C@H]1CN1CCCCC1)c1ccccc1CI. The molecule has 132 valence electrons. The monoisotopic (exact) mass is 440 g/mol. The molecule has 2 fully saturated rings. The van der Waals surface area contributed by atoms with Crippen molar-refractivity contribution in [2.75, 3.05) is 19.6 Å². The maximum atomic E-state index is 12.8. The van der Waals surface area contributed by atoms with Crippen LogP contribution in [0.15, 0.2) is 24.3 Å². The molecule has 1 saturated carbocycles. The Morgan fingerprint density at radius 1 is 1.08 bits per heavy atom. The molecule has 1 heterocycles. The van der Waals surface area contributed by atoms with E-state index in [0.29, 0.717) is 12.0 Å². The Morgan fingerprint density at radius 3 is 2.62 bits per heavy atom. The van der Waals surface area contributed by atoms with Crippen LogP contribution in [0.5, 0.6) is 0 Å². The standard InChI is InChI=1S/C20H29IN2O/c21-14-16-8-2-4-10-18(16)20(24)22-19-11-5-3-9-17(19)15-23-12-6-1-7-13-23/h2,4,8,10,17,19H,1,3,5-7,9,11-15H2,(H,22,24)/t17-,19+/m0/s1. The third-order valence-electron chi connectivity index (χ3n) is 5.57. The molecule has 1 aromatic carbocycles. The maximum Gasteiger partial charge on any atom is 0.251 e. The summed E-state index contributed by atoms with van der Waals surface area (Å²) in [6.07, 6.45) is 9.02. The topological polar surface area (TPSA) is 32.3 Å². The first-order valence-corrected chi connectivity index (χ1v) is 11.0. The molecule has 2 aliphatic rings. The summed E-state index contributed by atoms with van der Waals surface area (Å²) >= 11 is 2.34. The van der Waals surface area contributed by atoms with E-state index in [-0.39, 0.29) is 5.91 Å². The minimum Gasteiger partial charge on any atom is -0.349 e. The number of carbonyl (C=O) groups excluding carboxylic acids is 1. The number of hydrogen-bond acceptors (Lipinski definition) is 2. The summed E-state index contributed by atoms with van der Waals surface area (Å²) in [5.41, 5.74) is 1.99. The lowest BCUT2D eigenvalue weighted by Crippen LogP contribution is -2.47. The average Bonchev–Trinajstić information content (AvgIpc) is 2.64. The van der Waals surface area contributed by atoms with Crippen LogP contribution in [0.4, 0.5) is 0 Å². The Bertz CT molecular complexity index is 542. The fourth-order valence-electron chi connectivity index (χ4n) is 4.19. The first-order valence-electron chi connectivity index (χ1n) is 9.45. The zero-order valence-electron chi connectivity index (χ0n) is 14.5. The van der Waals surface area contributed by atoms with Crippen LogP contribution in [0, 0.1) is 5.92 Å². The second kappa shape index (κ2) is 9.18. The predicted octanol–water partition coefficient (Wildman–Crippen LogP) is 4.40. The van der Waals surface area contributed by atoms with Gasteiger partial charge in [-0.3, -0.25) is 4.79 Å². The maximum absolute atomic E-state index is 12.8. The van der Waals surface area contributed by atoms with Gasteiger partial charge in [0.05, 0.1) is 0 Å². The molecular weight excluding hydrogens is 411 g/mol. The fraction of sp³-hybridized carbons (Fsp3) is 0.650. The summed E-state index contributed by atoms with van der Waals surface area (Å²) in [5, 5.41) is 3.38. The van der Waals surface area contributed by atoms with Crippen molar-refractivity contribution in [3.63, 3.8) is 0 Å². The van der Waals surface area contributed by atoms with E-state index in [1.54, 1.807) is 0 Å². The molecule has 3 rings (SSSR count). The molecule has 0 radical (unpaired) electrons. The molecule has 1 N–H and O–H groups in total. The molecule has 24 heavy (non-hydrogen) atoms. The summed E-state index contributed by atoms with van der Waals surface area (Å²) < 4.78 is 0.878. The summed E-state index contributed by atoms with van der Waals surface area (Å²) in [5.74, 6) is 0.741. The van der Waals surface area contributed by atoms with Gasteiger partial charge in [0.2, 0.25) is 0 Å². The third-order valence-corrected chi connectivity index (χ3v) is 6.39. The van der Waals surface area contributed by atoms with Crippen molar-refractivity contribution in [2.24, 2.45) is 5.92 Å². The van der Waals surface area contributed by atoms with Gasteiger partial charge < -0.3 is 10.2 Å². The van der Waals surface area contributed by atoms with Gasteiger partial charge in [-0.1, -0.05) is 60.1 Å². The Kier molecular flexibility index (Phi) is 6.95. The lowest BCUT2D eigenvalue weighted by molar-refractivity contribution is 0.0877. The molecule has 1 amide bonds. The average molecular weight is 440 g/mol. The number of benzene rings is 1. The number of rotatable bonds is 5. The molecule has 1 aliphatic carbocycles. The molecule has 0 unspecified atom stereocenters. The highest BCUT2D eigenvalue weighted by atomic mass is 127. The molecule has 1 aromatic rings. The number of likely N-dealkylation sites (tertiary alicyclic amines) is 1. The van der Waals surface area contributed by atoms with E-state index in [2.05, 4.69) is 38.9 Å². The fourth-order valence-corrected chi connectivity index (χ4v) is 4.86. The summed E-state index contributed by atoms with van der Waals surface area (Å²) in [7, 11) is 0. The third kappa shape index (κ3) is 4.72. The van der Waals surface area contributed by atoms with Crippen LogP contribution < -0.4 is 5.32 Å². The van der Waals surface area contributed by atoms with E-state index < -0.39 is 0 Å². The van der Waals surface area contributed by atoms with Crippen LogP contribution in [0.25, 0.3) is 0 Å². The number of hydrogen-bond donors (Lipinski definition) is 1. The molecule has 4 heteroatoms. The highest BCUT2D eigenvalue weighted by Crippen LogP contribution is 2.27. The molecule has 1 aliphatic heterocycles. The van der Waals surface area contributed by atoms with Crippen molar-refractivity contribution >= 4 is 28.5 Å². The molecule has 0 aromatic heterocycles. The molecule has 0 bridgehead atoms. The number of amides is 1. The number of nitrogens with zero attached hydrogens (tertiary/aromatic N) is 1. The van der Waals surface area contributed by atoms with E-state index in [4.69, 9.17) is 0 Å². The number of carbonyl (C=O) groups is 1. The summed E-state index contributed by atoms with van der Waals surface area (Å²) in [6.45, 7) is 3.66. The van der Waals surface area contributed by atoms with Gasteiger partial charge in [0, 0.05) is 22.6 Å². The number of halogens is 1. The van der Waals surface area contributed by atoms with Crippen molar-refractivity contribution < 1.29 is 4.79 Å². The number of piperidine rings is 1. The molecule has 0 spiro atoms. The van der Waals surface area contributed by atoms with Gasteiger partial charge >= 0.3 is 0 Å². The normalized spacial score (nSPS) is 25.4. The van der Waals surface area contributed by atoms with Crippen molar-refractivity contribution in [2.45, 2.75) is 55.4 Å². The predicted molar refractivity (Wildman–Crippen MR) is 108 cm³/mol. The molecule has 2 atom stereocenters. The smallest absolute Gasteiger partial charge is 0.251 e. The van der Waals surface area contributed by atoms with E-state index in [0.717, 1.165) is 22.0 Å². The van der Waals surface area contributed by atoms with Crippen LogP contribution in [-0.4, -0.2) is 36.5 Å². The van der Waals surface area contributed by atoms with Gasteiger partial charge in [-0.2, -0.15) is 0 Å². The second-order valence-electron chi connectivity index (χ2n) is 7.28. The lowest BCUT2D eigenvalue weighted by atomic mass is 9.83. The zero-order valence-corrected chi connectivity index (χ0v) is 16.6. The largest absolute Gasteiger partial charge is 0.349 e. The van der Waals surface area contributed by atoms with E-state index >= 15 is 0 Å². The Labute approximate surface area is 159 Å². The summed E-state index contributed by atoms with van der Waals surface area (Å²) in [4.78, 5) is 15.4. The molecular formula is C20H29IN2O. The van der Waals surface area contributed by atoms with Crippen molar-refractivity contribution in [1.29, 1.82) is 0 Å². The minimum absolute atomic E-state index is 0.123. The molecule has 3 nitrogen and oxygen atoms in total. The van der Waals surface area contributed by atoms with E-state index in [1.165, 1.54) is 58.2 Å². The van der Waals surface area contributed by atoms with Crippen molar-refractivity contribution in [3.05, 3.63) is 35.4 Å². The second-order valence-corrected chi connectivity index (χ2v) is 8.04. The first kappa shape index (κ1) is 18.2. The van der Waals surface area contributed by atoms with Crippen LogP contribution in [0.2, 0.25) is 0 Å². The van der Waals surface area contributed by atoms with Gasteiger partial charge in [-0.15, -0.1) is 0 Å². The Hall–Kier alpha value is -0.620. The van der Waals surface area contributed by atoms with Gasteiger partial charge in [0.1, 0.15) is 0 Å². The number of nitrogens with one attached hydrogen (secondary N) is 1. The van der Waals surface area contributed by atoms with Crippen LogP contribution in [0.1, 0.15) is 60.9 Å². The highest BCUT2D eigenvalue weighted by Gasteiger charge is 2.29. The van der Waals surface area contributed by atoms with E-state index in [9.17, 15) is 4.79 Å². The van der Waals surface area contributed by atoms with Gasteiger partial charge in [0.15, 0.2) is 0 Å². The Morgan fingerprint density at radius 2 is 1.83 bits per heavy atom. The van der Waals surface area contributed by atoms with E-state index in [1.807, 2.05) is 18.2 Å². The zero-order chi connectivity index (χ0) is 16.8. The van der Waals surface area contributed by atoms with Gasteiger partial charge in [-0.05, 0) is 56.3 Å². The van der Waals surface area contributed by atoms with Crippen LogP contribution in [-0.2, 0) is 4.43 Å². The molecule has 1 saturated heterocycles. The van der Waals surface area contributed by atoms with Gasteiger partial charge in [-0.25, -0.2) is 0 Å². The van der Waals surface area contributed by atoms with Gasteiger partial charge in [0.25, 0.3) is 5.91 Å². The first-order chi connectivity index (χ1) is 11.8. The van der Waals surface area contributed by atoms with Crippen LogP contribution >= 0.6 is 22.6 Å². The van der Waals surface area contributed by atoms with Crippen LogP contribution in [0.3, 0.4) is 0 Å². The quantitative estimate of drug-likeness (QED) is 0.544. The van der Waals surface area contributed by atoms with Crippen molar-refractivity contribution in [3.8, 4) is 0 Å². The highest BCUT2D eigenvalue weighted by molar-refractivity contribution is 14.1. The summed E-state index contributed by atoms with van der Waals surface area (Å²) in [6, 6.07) is 8.36. The van der Waals surface area contributed by atoms with Crippen molar-refractivity contribution in [1.82, 2.24) is 10.2 Å². The Balaban J connectivity index is 1.63. The lowest BCUT2D eigenvalue weighted by Gasteiger charge is -2.37. The number of alkyl halides is 1.